The number of aromatic nitrogens is 1. The fourth-order valence-electron chi connectivity index (χ4n) is 2.82. The Labute approximate surface area is 162 Å². The van der Waals surface area contributed by atoms with Crippen LogP contribution in [0.3, 0.4) is 0 Å². The lowest BCUT2D eigenvalue weighted by molar-refractivity contribution is 0.0942. The highest BCUT2D eigenvalue weighted by atomic mass is 35.5. The van der Waals surface area contributed by atoms with Crippen LogP contribution in [-0.4, -0.2) is 25.1 Å². The van der Waals surface area contributed by atoms with E-state index in [0.717, 1.165) is 11.1 Å². The second-order valence-corrected chi connectivity index (χ2v) is 6.20. The molecule has 0 spiro atoms. The van der Waals surface area contributed by atoms with Gasteiger partial charge < -0.3 is 14.8 Å². The van der Waals surface area contributed by atoms with Crippen LogP contribution >= 0.6 is 11.6 Å². The van der Waals surface area contributed by atoms with Gasteiger partial charge in [0.2, 0.25) is 0 Å². The smallest absolute Gasteiger partial charge is 0.252 e. The number of carbonyl (C=O) groups is 1. The van der Waals surface area contributed by atoms with Gasteiger partial charge in [0.25, 0.3) is 5.91 Å². The highest BCUT2D eigenvalue weighted by Gasteiger charge is 2.20. The molecule has 0 fully saturated rings. The molecule has 1 atom stereocenters. The Morgan fingerprint density at radius 2 is 1.67 bits per heavy atom. The van der Waals surface area contributed by atoms with Crippen molar-refractivity contribution in [2.45, 2.75) is 6.04 Å². The van der Waals surface area contributed by atoms with Gasteiger partial charge >= 0.3 is 0 Å². The van der Waals surface area contributed by atoms with Gasteiger partial charge in [-0.1, -0.05) is 41.9 Å². The van der Waals surface area contributed by atoms with E-state index in [0.29, 0.717) is 22.1 Å². The zero-order valence-electron chi connectivity index (χ0n) is 15.0. The van der Waals surface area contributed by atoms with Crippen LogP contribution in [0.4, 0.5) is 0 Å². The molecule has 3 rings (SSSR count). The van der Waals surface area contributed by atoms with Crippen molar-refractivity contribution >= 4 is 17.5 Å². The standard InChI is InChI=1S/C21H19ClN2O3/c1-26-18-13-16(12-17(22)20(18)27-2)21(25)24-19(14-6-4-3-5-7-14)15-8-10-23-11-9-15/h3-13,19H,1-2H3,(H,24,25). The van der Waals surface area contributed by atoms with Crippen molar-refractivity contribution in [3.63, 3.8) is 0 Å². The summed E-state index contributed by atoms with van der Waals surface area (Å²) in [5, 5.41) is 3.37. The maximum atomic E-state index is 12.9. The summed E-state index contributed by atoms with van der Waals surface area (Å²) in [6.07, 6.45) is 3.40. The van der Waals surface area contributed by atoms with Crippen LogP contribution < -0.4 is 14.8 Å². The predicted molar refractivity (Wildman–Crippen MR) is 105 cm³/mol. The summed E-state index contributed by atoms with van der Waals surface area (Å²) in [6.45, 7) is 0. The van der Waals surface area contributed by atoms with E-state index in [1.54, 1.807) is 24.5 Å². The van der Waals surface area contributed by atoms with Gasteiger partial charge in [-0.15, -0.1) is 0 Å². The summed E-state index contributed by atoms with van der Waals surface area (Å²) in [5.41, 5.74) is 2.27. The SMILES string of the molecule is COc1cc(C(=O)NC(c2ccccc2)c2ccncc2)cc(Cl)c1OC. The third-order valence-electron chi connectivity index (χ3n) is 4.14. The Morgan fingerprint density at radius 3 is 2.30 bits per heavy atom. The molecule has 0 aliphatic carbocycles. The van der Waals surface area contributed by atoms with Gasteiger partial charge in [0.1, 0.15) is 0 Å². The van der Waals surface area contributed by atoms with E-state index in [1.165, 1.54) is 14.2 Å². The van der Waals surface area contributed by atoms with Crippen LogP contribution in [0.1, 0.15) is 27.5 Å². The number of halogens is 1. The number of nitrogens with zero attached hydrogens (tertiary/aromatic N) is 1. The largest absolute Gasteiger partial charge is 0.493 e. The maximum absolute atomic E-state index is 12.9. The van der Waals surface area contributed by atoms with Crippen LogP contribution in [0.15, 0.2) is 67.0 Å². The first kappa shape index (κ1) is 18.7. The van der Waals surface area contributed by atoms with E-state index < -0.39 is 0 Å². The van der Waals surface area contributed by atoms with Crippen molar-refractivity contribution in [3.8, 4) is 11.5 Å². The molecular formula is C21H19ClN2O3. The summed E-state index contributed by atoms with van der Waals surface area (Å²) < 4.78 is 10.5. The van der Waals surface area contributed by atoms with E-state index >= 15 is 0 Å². The summed E-state index contributed by atoms with van der Waals surface area (Å²) in [4.78, 5) is 17.0. The minimum Gasteiger partial charge on any atom is -0.493 e. The lowest BCUT2D eigenvalue weighted by Crippen LogP contribution is -2.29. The Hall–Kier alpha value is -3.05. The van der Waals surface area contributed by atoms with E-state index in [2.05, 4.69) is 10.3 Å². The number of ether oxygens (including phenoxy) is 2. The number of carbonyl (C=O) groups excluding carboxylic acids is 1. The zero-order valence-corrected chi connectivity index (χ0v) is 15.7. The molecule has 0 saturated heterocycles. The predicted octanol–water partition coefficient (Wildman–Crippen LogP) is 4.27. The van der Waals surface area contributed by atoms with E-state index in [1.807, 2.05) is 42.5 Å². The Bertz CT molecular complexity index is 878. The van der Waals surface area contributed by atoms with Gasteiger partial charge in [0, 0.05) is 18.0 Å². The molecule has 0 saturated carbocycles. The molecule has 2 aromatic carbocycles. The van der Waals surface area contributed by atoms with Crippen LogP contribution in [0, 0.1) is 0 Å². The number of benzene rings is 2. The molecular weight excluding hydrogens is 364 g/mol. The fourth-order valence-corrected chi connectivity index (χ4v) is 3.11. The first-order valence-electron chi connectivity index (χ1n) is 8.31. The number of hydrogen-bond acceptors (Lipinski definition) is 4. The highest BCUT2D eigenvalue weighted by Crippen LogP contribution is 2.36. The van der Waals surface area contributed by atoms with Gasteiger partial charge in [-0.3, -0.25) is 9.78 Å². The molecule has 0 radical (unpaired) electrons. The molecule has 1 heterocycles. The van der Waals surface area contributed by atoms with Gasteiger partial charge in [-0.2, -0.15) is 0 Å². The summed E-state index contributed by atoms with van der Waals surface area (Å²) in [7, 11) is 3.00. The molecule has 6 heteroatoms. The topological polar surface area (TPSA) is 60.5 Å². The summed E-state index contributed by atoms with van der Waals surface area (Å²) in [5.74, 6) is 0.517. The molecule has 1 unspecified atom stereocenters. The Kier molecular flexibility index (Phi) is 5.94. The van der Waals surface area contributed by atoms with Crippen LogP contribution in [0.5, 0.6) is 11.5 Å². The molecule has 1 N–H and O–H groups in total. The minimum atomic E-state index is -0.325. The van der Waals surface area contributed by atoms with Crippen molar-refractivity contribution in [1.29, 1.82) is 0 Å². The lowest BCUT2D eigenvalue weighted by Gasteiger charge is -2.20. The second kappa shape index (κ2) is 8.56. The highest BCUT2D eigenvalue weighted by molar-refractivity contribution is 6.32. The third kappa shape index (κ3) is 4.20. The second-order valence-electron chi connectivity index (χ2n) is 5.79. The van der Waals surface area contributed by atoms with Crippen molar-refractivity contribution in [2.24, 2.45) is 0 Å². The third-order valence-corrected chi connectivity index (χ3v) is 4.42. The molecule has 1 aromatic heterocycles. The lowest BCUT2D eigenvalue weighted by atomic mass is 9.99. The molecule has 0 bridgehead atoms. The summed E-state index contributed by atoms with van der Waals surface area (Å²) >= 11 is 6.23. The average Bonchev–Trinajstić information content (AvgIpc) is 2.72. The number of methoxy groups -OCH3 is 2. The fraction of sp³-hybridized carbons (Fsp3) is 0.143. The zero-order chi connectivity index (χ0) is 19.2. The van der Waals surface area contributed by atoms with Crippen molar-refractivity contribution in [2.75, 3.05) is 14.2 Å². The normalized spacial score (nSPS) is 11.5. The van der Waals surface area contributed by atoms with Gasteiger partial charge in [0.15, 0.2) is 11.5 Å². The Morgan fingerprint density at radius 1 is 1.00 bits per heavy atom. The van der Waals surface area contributed by atoms with Crippen LogP contribution in [-0.2, 0) is 0 Å². The van der Waals surface area contributed by atoms with Gasteiger partial charge in [-0.25, -0.2) is 0 Å². The molecule has 1 amide bonds. The number of amides is 1. The van der Waals surface area contributed by atoms with Crippen molar-refractivity contribution in [3.05, 3.63) is 88.7 Å². The molecule has 5 nitrogen and oxygen atoms in total. The number of nitrogens with one attached hydrogen (secondary N) is 1. The summed E-state index contributed by atoms with van der Waals surface area (Å²) in [6, 6.07) is 16.3. The molecule has 0 aliphatic heterocycles. The van der Waals surface area contributed by atoms with Gasteiger partial charge in [-0.05, 0) is 35.4 Å². The van der Waals surface area contributed by atoms with E-state index in [9.17, 15) is 4.79 Å². The molecule has 3 aromatic rings. The molecule has 138 valence electrons. The monoisotopic (exact) mass is 382 g/mol. The Balaban J connectivity index is 1.95. The van der Waals surface area contributed by atoms with Crippen LogP contribution in [0.25, 0.3) is 0 Å². The molecule has 27 heavy (non-hydrogen) atoms. The quantitative estimate of drug-likeness (QED) is 0.691. The van der Waals surface area contributed by atoms with Crippen molar-refractivity contribution in [1.82, 2.24) is 10.3 Å². The minimum absolute atomic E-state index is 0.275. The number of pyridine rings is 1. The number of rotatable bonds is 6. The van der Waals surface area contributed by atoms with Gasteiger partial charge in [0.05, 0.1) is 25.3 Å². The van der Waals surface area contributed by atoms with Crippen molar-refractivity contribution < 1.29 is 14.3 Å². The first-order valence-corrected chi connectivity index (χ1v) is 8.69. The number of hydrogen-bond donors (Lipinski definition) is 1. The average molecular weight is 383 g/mol. The maximum Gasteiger partial charge on any atom is 0.252 e. The van der Waals surface area contributed by atoms with E-state index in [-0.39, 0.29) is 11.9 Å². The molecule has 0 aliphatic rings. The van der Waals surface area contributed by atoms with E-state index in [4.69, 9.17) is 21.1 Å². The first-order chi connectivity index (χ1) is 13.1. The van der Waals surface area contributed by atoms with Crippen LogP contribution in [0.2, 0.25) is 5.02 Å².